The first-order chi connectivity index (χ1) is 18.9. The van der Waals surface area contributed by atoms with E-state index in [4.69, 9.17) is 21.1 Å². The van der Waals surface area contributed by atoms with Gasteiger partial charge in [-0.15, -0.1) is 0 Å². The molecule has 1 aromatic heterocycles. The number of hydrogen-bond acceptors (Lipinski definition) is 7. The summed E-state index contributed by atoms with van der Waals surface area (Å²) in [5.41, 5.74) is 1.68. The summed E-state index contributed by atoms with van der Waals surface area (Å²) in [6.45, 7) is 2.74. The zero-order valence-corrected chi connectivity index (χ0v) is 23.1. The molecule has 2 heterocycles. The standard InChI is InChI=1S/C30H27ClN2O5S/c1-3-4-5-16-38-21-12-8-18(9-13-21)26-25(27(34)19-6-10-20(31)11-7-19)28(35)29(36)33(26)30-32-23-15-14-22(37-2)17-24(23)39-30/h6-15,17,26,34H,3-5,16H2,1-2H3/b27-25+. The van der Waals surface area contributed by atoms with Gasteiger partial charge in [0.15, 0.2) is 5.13 Å². The maximum atomic E-state index is 13.5. The van der Waals surface area contributed by atoms with Crippen LogP contribution in [0.2, 0.25) is 5.02 Å². The molecule has 0 aliphatic carbocycles. The van der Waals surface area contributed by atoms with Gasteiger partial charge >= 0.3 is 5.91 Å². The van der Waals surface area contributed by atoms with E-state index in [1.165, 1.54) is 16.2 Å². The molecule has 1 aliphatic rings. The minimum atomic E-state index is -0.891. The molecule has 1 aliphatic heterocycles. The Morgan fingerprint density at radius 1 is 1.03 bits per heavy atom. The smallest absolute Gasteiger partial charge is 0.301 e. The average molecular weight is 563 g/mol. The van der Waals surface area contributed by atoms with E-state index in [1.807, 2.05) is 30.3 Å². The van der Waals surface area contributed by atoms with Crippen LogP contribution in [0.4, 0.5) is 5.13 Å². The minimum Gasteiger partial charge on any atom is -0.507 e. The lowest BCUT2D eigenvalue weighted by Crippen LogP contribution is -2.29. The molecule has 1 atom stereocenters. The fourth-order valence-corrected chi connectivity index (χ4v) is 5.67. The Hall–Kier alpha value is -3.88. The average Bonchev–Trinajstić information content (AvgIpc) is 3.49. The molecule has 0 bridgehead atoms. The van der Waals surface area contributed by atoms with Crippen LogP contribution in [0.3, 0.4) is 0 Å². The van der Waals surface area contributed by atoms with Gasteiger partial charge in [-0.3, -0.25) is 14.5 Å². The number of aliphatic hydroxyl groups excluding tert-OH is 1. The zero-order chi connectivity index (χ0) is 27.5. The van der Waals surface area contributed by atoms with Crippen molar-refractivity contribution >= 4 is 55.7 Å². The number of hydrogen-bond donors (Lipinski definition) is 1. The number of Topliss-reactive ketones (excluding diaryl/α,β-unsaturated/α-hetero) is 1. The number of amides is 1. The highest BCUT2D eigenvalue weighted by Crippen LogP contribution is 2.45. The predicted octanol–water partition coefficient (Wildman–Crippen LogP) is 7.15. The Morgan fingerprint density at radius 3 is 2.44 bits per heavy atom. The lowest BCUT2D eigenvalue weighted by Gasteiger charge is -2.23. The number of fused-ring (bicyclic) bond motifs is 1. The van der Waals surface area contributed by atoms with E-state index in [2.05, 4.69) is 11.9 Å². The van der Waals surface area contributed by atoms with Gasteiger partial charge in [-0.2, -0.15) is 0 Å². The highest BCUT2D eigenvalue weighted by molar-refractivity contribution is 7.22. The number of rotatable bonds is 9. The second-order valence-corrected chi connectivity index (χ2v) is 10.6. The van der Waals surface area contributed by atoms with E-state index in [-0.39, 0.29) is 11.3 Å². The maximum absolute atomic E-state index is 13.5. The maximum Gasteiger partial charge on any atom is 0.301 e. The second kappa shape index (κ2) is 11.5. The van der Waals surface area contributed by atoms with E-state index in [0.29, 0.717) is 44.9 Å². The number of benzene rings is 3. The largest absolute Gasteiger partial charge is 0.507 e. The highest BCUT2D eigenvalue weighted by Gasteiger charge is 2.48. The van der Waals surface area contributed by atoms with Crippen LogP contribution in [0.5, 0.6) is 11.5 Å². The molecule has 4 aromatic rings. The summed E-state index contributed by atoms with van der Waals surface area (Å²) < 4.78 is 12.0. The number of halogens is 1. The third-order valence-electron chi connectivity index (χ3n) is 6.56. The van der Waals surface area contributed by atoms with Crippen molar-refractivity contribution in [3.63, 3.8) is 0 Å². The molecule has 1 saturated heterocycles. The summed E-state index contributed by atoms with van der Waals surface area (Å²) in [6, 6.07) is 18.2. The van der Waals surface area contributed by atoms with Crippen molar-refractivity contribution in [3.8, 4) is 11.5 Å². The van der Waals surface area contributed by atoms with Crippen molar-refractivity contribution in [1.29, 1.82) is 0 Å². The van der Waals surface area contributed by atoms with E-state index in [0.717, 1.165) is 24.0 Å². The van der Waals surface area contributed by atoms with E-state index < -0.39 is 17.7 Å². The number of ether oxygens (including phenoxy) is 2. The molecule has 0 radical (unpaired) electrons. The van der Waals surface area contributed by atoms with E-state index in [9.17, 15) is 14.7 Å². The number of carbonyl (C=O) groups excluding carboxylic acids is 2. The van der Waals surface area contributed by atoms with Gasteiger partial charge in [0.25, 0.3) is 5.78 Å². The van der Waals surface area contributed by atoms with Crippen molar-refractivity contribution in [2.75, 3.05) is 18.6 Å². The molecular formula is C30H27ClN2O5S. The summed E-state index contributed by atoms with van der Waals surface area (Å²) in [7, 11) is 1.58. The molecule has 0 saturated carbocycles. The van der Waals surface area contributed by atoms with Crippen LogP contribution in [0.25, 0.3) is 16.0 Å². The Balaban J connectivity index is 1.60. The van der Waals surface area contributed by atoms with Gasteiger partial charge < -0.3 is 14.6 Å². The number of ketones is 1. The first-order valence-corrected chi connectivity index (χ1v) is 13.8. The first kappa shape index (κ1) is 26.7. The summed E-state index contributed by atoms with van der Waals surface area (Å²) in [4.78, 5) is 32.9. The van der Waals surface area contributed by atoms with Crippen LogP contribution in [0.15, 0.2) is 72.3 Å². The molecule has 200 valence electrons. The summed E-state index contributed by atoms with van der Waals surface area (Å²) in [5, 5.41) is 12.1. The van der Waals surface area contributed by atoms with Gasteiger partial charge in [-0.05, 0) is 66.6 Å². The molecular weight excluding hydrogens is 536 g/mol. The number of nitrogens with zero attached hydrogens (tertiary/aromatic N) is 2. The van der Waals surface area contributed by atoms with Crippen LogP contribution in [0.1, 0.15) is 43.4 Å². The fraction of sp³-hybridized carbons (Fsp3) is 0.233. The van der Waals surface area contributed by atoms with Crippen LogP contribution in [-0.2, 0) is 9.59 Å². The van der Waals surface area contributed by atoms with Gasteiger partial charge in [0.2, 0.25) is 0 Å². The minimum absolute atomic E-state index is 0.0178. The Bertz CT molecular complexity index is 1550. The molecule has 5 rings (SSSR count). The summed E-state index contributed by atoms with van der Waals surface area (Å²) in [5.74, 6) is -0.476. The summed E-state index contributed by atoms with van der Waals surface area (Å²) >= 11 is 7.30. The molecule has 1 N–H and O–H groups in total. The van der Waals surface area contributed by atoms with Crippen molar-refractivity contribution in [1.82, 2.24) is 4.98 Å². The third-order valence-corrected chi connectivity index (χ3v) is 7.83. The number of aromatic nitrogens is 1. The Morgan fingerprint density at radius 2 is 1.74 bits per heavy atom. The first-order valence-electron chi connectivity index (χ1n) is 12.7. The third kappa shape index (κ3) is 5.35. The molecule has 1 unspecified atom stereocenters. The van der Waals surface area contributed by atoms with Gasteiger partial charge in [0, 0.05) is 10.6 Å². The Kier molecular flexibility index (Phi) is 7.86. The van der Waals surface area contributed by atoms with Crippen molar-refractivity contribution < 1.29 is 24.2 Å². The van der Waals surface area contributed by atoms with Crippen LogP contribution in [0, 0.1) is 0 Å². The van der Waals surface area contributed by atoms with E-state index in [1.54, 1.807) is 43.5 Å². The lowest BCUT2D eigenvalue weighted by atomic mass is 9.95. The molecule has 39 heavy (non-hydrogen) atoms. The lowest BCUT2D eigenvalue weighted by molar-refractivity contribution is -0.132. The van der Waals surface area contributed by atoms with Crippen LogP contribution < -0.4 is 14.4 Å². The van der Waals surface area contributed by atoms with Gasteiger partial charge in [0.1, 0.15) is 17.3 Å². The van der Waals surface area contributed by atoms with Gasteiger partial charge in [-0.25, -0.2) is 4.98 Å². The number of anilines is 1. The molecule has 9 heteroatoms. The van der Waals surface area contributed by atoms with Crippen molar-refractivity contribution in [2.24, 2.45) is 0 Å². The number of carbonyl (C=O) groups is 2. The zero-order valence-electron chi connectivity index (χ0n) is 21.5. The second-order valence-electron chi connectivity index (χ2n) is 9.13. The molecule has 7 nitrogen and oxygen atoms in total. The molecule has 1 amide bonds. The number of thiazole rings is 1. The number of unbranched alkanes of at least 4 members (excludes halogenated alkanes) is 2. The number of aliphatic hydroxyl groups is 1. The topological polar surface area (TPSA) is 89.0 Å². The normalized spacial score (nSPS) is 16.7. The van der Waals surface area contributed by atoms with Crippen molar-refractivity contribution in [3.05, 3.63) is 88.5 Å². The molecule has 0 spiro atoms. The van der Waals surface area contributed by atoms with E-state index >= 15 is 0 Å². The van der Waals surface area contributed by atoms with Crippen LogP contribution in [-0.4, -0.2) is 35.5 Å². The number of methoxy groups -OCH3 is 1. The van der Waals surface area contributed by atoms with Gasteiger partial charge in [0.05, 0.1) is 35.5 Å². The van der Waals surface area contributed by atoms with Crippen LogP contribution >= 0.6 is 22.9 Å². The monoisotopic (exact) mass is 562 g/mol. The highest BCUT2D eigenvalue weighted by atomic mass is 35.5. The quantitative estimate of drug-likeness (QED) is 0.101. The summed E-state index contributed by atoms with van der Waals surface area (Å²) in [6.07, 6.45) is 3.15. The Labute approximate surface area is 235 Å². The van der Waals surface area contributed by atoms with Crippen molar-refractivity contribution in [2.45, 2.75) is 32.2 Å². The predicted molar refractivity (Wildman–Crippen MR) is 154 cm³/mol. The fourth-order valence-electron chi connectivity index (χ4n) is 4.52. The molecule has 3 aromatic carbocycles. The SMILES string of the molecule is CCCCCOc1ccc(C2/C(=C(\O)c3ccc(Cl)cc3)C(=O)C(=O)N2c2nc3ccc(OC)cc3s2)cc1. The van der Waals surface area contributed by atoms with Gasteiger partial charge in [-0.1, -0.05) is 54.8 Å². The molecule has 1 fully saturated rings.